The molecule has 0 saturated heterocycles. The van der Waals surface area contributed by atoms with Gasteiger partial charge < -0.3 is 15.2 Å². The molecule has 28 heavy (non-hydrogen) atoms. The van der Waals surface area contributed by atoms with Gasteiger partial charge in [0, 0.05) is 42.5 Å². The Balaban J connectivity index is 1.93. The molecule has 0 aliphatic carbocycles. The predicted molar refractivity (Wildman–Crippen MR) is 112 cm³/mol. The average molecular weight is 381 g/mol. The quantitative estimate of drug-likeness (QED) is 0.618. The SMILES string of the molecule is CCc1cccc2c(C(CC(=O)NCCN(C)C)c3ccc(F)cc3)c[nH]c12. The smallest absolute Gasteiger partial charge is 0.220 e. The van der Waals surface area contributed by atoms with Crippen LogP contribution < -0.4 is 5.32 Å². The molecule has 5 heteroatoms. The van der Waals surface area contributed by atoms with E-state index in [0.717, 1.165) is 35.0 Å². The third-order valence-corrected chi connectivity index (χ3v) is 5.13. The number of carbonyl (C=O) groups excluding carboxylic acids is 1. The Kier molecular flexibility index (Phi) is 6.47. The molecule has 0 bridgehead atoms. The molecule has 0 spiro atoms. The van der Waals surface area contributed by atoms with Crippen LogP contribution in [0.4, 0.5) is 4.39 Å². The van der Waals surface area contributed by atoms with Gasteiger partial charge in [-0.1, -0.05) is 37.3 Å². The molecule has 148 valence electrons. The van der Waals surface area contributed by atoms with Crippen molar-refractivity contribution in [2.24, 2.45) is 0 Å². The highest BCUT2D eigenvalue weighted by atomic mass is 19.1. The van der Waals surface area contributed by atoms with Gasteiger partial charge in [-0.15, -0.1) is 0 Å². The number of aromatic amines is 1. The third kappa shape index (κ3) is 4.60. The van der Waals surface area contributed by atoms with E-state index in [1.807, 2.05) is 25.2 Å². The Bertz CT molecular complexity index is 931. The highest BCUT2D eigenvalue weighted by Gasteiger charge is 2.22. The van der Waals surface area contributed by atoms with Gasteiger partial charge in [0.1, 0.15) is 5.82 Å². The minimum absolute atomic E-state index is 0.00262. The molecule has 0 aliphatic heterocycles. The number of fused-ring (bicyclic) bond motifs is 1. The van der Waals surface area contributed by atoms with E-state index in [9.17, 15) is 9.18 Å². The van der Waals surface area contributed by atoms with Crippen molar-refractivity contribution in [1.82, 2.24) is 15.2 Å². The number of nitrogens with one attached hydrogen (secondary N) is 2. The molecule has 0 radical (unpaired) electrons. The second-order valence-corrected chi connectivity index (χ2v) is 7.40. The Morgan fingerprint density at radius 1 is 1.18 bits per heavy atom. The minimum Gasteiger partial charge on any atom is -0.361 e. The van der Waals surface area contributed by atoms with E-state index in [0.29, 0.717) is 13.0 Å². The fourth-order valence-electron chi connectivity index (χ4n) is 3.60. The Morgan fingerprint density at radius 3 is 2.61 bits per heavy atom. The van der Waals surface area contributed by atoms with Crippen LogP contribution in [0, 0.1) is 5.82 Å². The topological polar surface area (TPSA) is 48.1 Å². The molecule has 1 heterocycles. The summed E-state index contributed by atoms with van der Waals surface area (Å²) in [5, 5.41) is 4.11. The lowest BCUT2D eigenvalue weighted by atomic mass is 9.87. The summed E-state index contributed by atoms with van der Waals surface area (Å²) in [5.74, 6) is -0.414. The first-order valence-electron chi connectivity index (χ1n) is 9.75. The van der Waals surface area contributed by atoms with Crippen LogP contribution >= 0.6 is 0 Å². The van der Waals surface area contributed by atoms with Crippen molar-refractivity contribution in [3.8, 4) is 0 Å². The molecule has 0 aliphatic rings. The van der Waals surface area contributed by atoms with E-state index in [-0.39, 0.29) is 17.6 Å². The first-order valence-corrected chi connectivity index (χ1v) is 9.75. The maximum absolute atomic E-state index is 13.5. The van der Waals surface area contributed by atoms with E-state index < -0.39 is 0 Å². The van der Waals surface area contributed by atoms with Crippen molar-refractivity contribution < 1.29 is 9.18 Å². The number of nitrogens with zero attached hydrogens (tertiary/aromatic N) is 1. The van der Waals surface area contributed by atoms with Crippen molar-refractivity contribution in [3.63, 3.8) is 0 Å². The third-order valence-electron chi connectivity index (χ3n) is 5.13. The van der Waals surface area contributed by atoms with Gasteiger partial charge in [-0.2, -0.15) is 0 Å². The molecule has 1 amide bonds. The maximum Gasteiger partial charge on any atom is 0.220 e. The molecule has 0 saturated carbocycles. The zero-order valence-electron chi connectivity index (χ0n) is 16.8. The number of hydrogen-bond acceptors (Lipinski definition) is 2. The fraction of sp³-hybridized carbons (Fsp3) is 0.348. The molecule has 4 nitrogen and oxygen atoms in total. The number of likely N-dealkylation sites (N-methyl/N-ethyl adjacent to an activating group) is 1. The van der Waals surface area contributed by atoms with Crippen LogP contribution in [0.15, 0.2) is 48.7 Å². The van der Waals surface area contributed by atoms with Gasteiger partial charge in [0.05, 0.1) is 0 Å². The van der Waals surface area contributed by atoms with E-state index >= 15 is 0 Å². The zero-order valence-corrected chi connectivity index (χ0v) is 16.8. The molecule has 2 N–H and O–H groups in total. The number of rotatable bonds is 8. The first kappa shape index (κ1) is 20.1. The van der Waals surface area contributed by atoms with Crippen LogP contribution in [0.25, 0.3) is 10.9 Å². The van der Waals surface area contributed by atoms with Crippen LogP contribution in [0.5, 0.6) is 0 Å². The second kappa shape index (κ2) is 9.02. The Morgan fingerprint density at radius 2 is 1.93 bits per heavy atom. The second-order valence-electron chi connectivity index (χ2n) is 7.40. The first-order chi connectivity index (χ1) is 13.5. The predicted octanol–water partition coefficient (Wildman–Crippen LogP) is 4.07. The molecule has 3 aromatic rings. The zero-order chi connectivity index (χ0) is 20.1. The molecular formula is C23H28FN3O. The summed E-state index contributed by atoms with van der Waals surface area (Å²) in [6.45, 7) is 3.53. The van der Waals surface area contributed by atoms with Crippen molar-refractivity contribution in [2.75, 3.05) is 27.2 Å². The maximum atomic E-state index is 13.5. The number of aromatic nitrogens is 1. The van der Waals surface area contributed by atoms with E-state index in [1.165, 1.54) is 17.7 Å². The van der Waals surface area contributed by atoms with Crippen LogP contribution in [0.3, 0.4) is 0 Å². The number of halogens is 1. The van der Waals surface area contributed by atoms with Crippen molar-refractivity contribution in [1.29, 1.82) is 0 Å². The number of amides is 1. The Hall–Kier alpha value is -2.66. The monoisotopic (exact) mass is 381 g/mol. The molecular weight excluding hydrogens is 353 g/mol. The van der Waals surface area contributed by atoms with Crippen molar-refractivity contribution in [3.05, 3.63) is 71.2 Å². The lowest BCUT2D eigenvalue weighted by molar-refractivity contribution is -0.121. The van der Waals surface area contributed by atoms with Gasteiger partial charge >= 0.3 is 0 Å². The molecule has 0 fully saturated rings. The van der Waals surface area contributed by atoms with Crippen LogP contribution in [0.2, 0.25) is 0 Å². The van der Waals surface area contributed by atoms with Crippen molar-refractivity contribution >= 4 is 16.8 Å². The number of para-hydroxylation sites is 1. The number of carbonyl (C=O) groups is 1. The van der Waals surface area contributed by atoms with Gasteiger partial charge in [-0.3, -0.25) is 4.79 Å². The minimum atomic E-state index is -0.273. The van der Waals surface area contributed by atoms with Crippen molar-refractivity contribution in [2.45, 2.75) is 25.7 Å². The van der Waals surface area contributed by atoms with Crippen LogP contribution in [0.1, 0.15) is 36.0 Å². The summed E-state index contributed by atoms with van der Waals surface area (Å²) in [4.78, 5) is 18.0. The summed E-state index contributed by atoms with van der Waals surface area (Å²) in [6.07, 6.45) is 3.25. The molecule has 1 atom stereocenters. The standard InChI is InChI=1S/C23H28FN3O/c1-4-16-6-5-7-19-21(15-26-23(16)19)20(17-8-10-18(24)11-9-17)14-22(28)25-12-13-27(2)3/h5-11,15,20,26H,4,12-14H2,1-3H3,(H,25,28). The van der Waals surface area contributed by atoms with E-state index in [2.05, 4.69) is 35.4 Å². The number of H-pyrrole nitrogens is 1. The summed E-state index contributed by atoms with van der Waals surface area (Å²) in [7, 11) is 3.95. The Labute approximate surface area is 165 Å². The van der Waals surface area contributed by atoms with Crippen LogP contribution in [-0.4, -0.2) is 43.0 Å². The highest BCUT2D eigenvalue weighted by molar-refractivity contribution is 5.88. The van der Waals surface area contributed by atoms with E-state index in [1.54, 1.807) is 12.1 Å². The lowest BCUT2D eigenvalue weighted by Gasteiger charge is -2.18. The highest BCUT2D eigenvalue weighted by Crippen LogP contribution is 2.34. The molecule has 1 unspecified atom stereocenters. The van der Waals surface area contributed by atoms with Gasteiger partial charge in [-0.05, 0) is 49.3 Å². The summed E-state index contributed by atoms with van der Waals surface area (Å²) >= 11 is 0. The van der Waals surface area contributed by atoms with Crippen LogP contribution in [-0.2, 0) is 11.2 Å². The average Bonchev–Trinajstić information content (AvgIpc) is 3.10. The van der Waals surface area contributed by atoms with Gasteiger partial charge in [0.2, 0.25) is 5.91 Å². The van der Waals surface area contributed by atoms with E-state index in [4.69, 9.17) is 0 Å². The molecule has 3 rings (SSSR count). The normalized spacial score (nSPS) is 12.5. The van der Waals surface area contributed by atoms with Gasteiger partial charge in [0.15, 0.2) is 0 Å². The molecule has 1 aromatic heterocycles. The molecule has 2 aromatic carbocycles. The van der Waals surface area contributed by atoms with Gasteiger partial charge in [-0.25, -0.2) is 4.39 Å². The fourth-order valence-corrected chi connectivity index (χ4v) is 3.60. The summed E-state index contributed by atoms with van der Waals surface area (Å²) in [6, 6.07) is 12.7. The summed E-state index contributed by atoms with van der Waals surface area (Å²) in [5.41, 5.74) is 4.36. The lowest BCUT2D eigenvalue weighted by Crippen LogP contribution is -2.32. The summed E-state index contributed by atoms with van der Waals surface area (Å²) < 4.78 is 13.5. The number of aryl methyl sites for hydroxylation is 1. The van der Waals surface area contributed by atoms with Gasteiger partial charge in [0.25, 0.3) is 0 Å². The number of hydrogen-bond donors (Lipinski definition) is 2. The number of benzene rings is 2. The largest absolute Gasteiger partial charge is 0.361 e.